The van der Waals surface area contributed by atoms with Crippen molar-refractivity contribution >= 4 is 33.6 Å². The zero-order valence-corrected chi connectivity index (χ0v) is 23.3. The first-order chi connectivity index (χ1) is 18.1. The summed E-state index contributed by atoms with van der Waals surface area (Å²) in [5.74, 6) is 0.225. The molecule has 0 aliphatic carbocycles. The maximum absolute atomic E-state index is 13.4. The number of amides is 1. The van der Waals surface area contributed by atoms with Crippen molar-refractivity contribution in [3.8, 4) is 11.1 Å². The maximum Gasteiger partial charge on any atom is 0.416 e. The average Bonchev–Trinajstić information content (AvgIpc) is 3.11. The van der Waals surface area contributed by atoms with Gasteiger partial charge in [0.05, 0.1) is 23.7 Å². The number of alkyl halides is 6. The van der Waals surface area contributed by atoms with Crippen LogP contribution in [0.1, 0.15) is 60.6 Å². The largest absolute Gasteiger partial charge is 0.439 e. The molecule has 3 nitrogen and oxygen atoms in total. The Morgan fingerprint density at radius 2 is 1.54 bits per heavy atom. The highest BCUT2D eigenvalue weighted by Gasteiger charge is 2.43. The zero-order chi connectivity index (χ0) is 28.9. The van der Waals surface area contributed by atoms with E-state index in [2.05, 4.69) is 15.9 Å². The van der Waals surface area contributed by atoms with E-state index in [9.17, 15) is 31.1 Å². The van der Waals surface area contributed by atoms with Crippen LogP contribution in [0.2, 0.25) is 5.02 Å². The molecule has 39 heavy (non-hydrogen) atoms. The van der Waals surface area contributed by atoms with Gasteiger partial charge in [0.1, 0.15) is 6.10 Å². The quantitative estimate of drug-likeness (QED) is 0.262. The second-order valence-electron chi connectivity index (χ2n) is 9.71. The summed E-state index contributed by atoms with van der Waals surface area (Å²) in [5.41, 5.74) is -0.157. The molecule has 1 saturated heterocycles. The van der Waals surface area contributed by atoms with Gasteiger partial charge in [-0.3, -0.25) is 4.90 Å². The van der Waals surface area contributed by atoms with Gasteiger partial charge in [0.15, 0.2) is 0 Å². The van der Waals surface area contributed by atoms with Gasteiger partial charge in [-0.25, -0.2) is 4.79 Å². The summed E-state index contributed by atoms with van der Waals surface area (Å²) in [7, 11) is 0. The number of nitrogens with zero attached hydrogens (tertiary/aromatic N) is 1. The Balaban J connectivity index is 1.72. The molecule has 11 heteroatoms. The van der Waals surface area contributed by atoms with E-state index in [-0.39, 0.29) is 24.1 Å². The van der Waals surface area contributed by atoms with E-state index in [4.69, 9.17) is 16.3 Å². The van der Waals surface area contributed by atoms with E-state index in [0.717, 1.165) is 16.7 Å². The summed E-state index contributed by atoms with van der Waals surface area (Å²) in [6.45, 7) is 5.58. The number of benzene rings is 3. The SMILES string of the molecule is CC(C)c1ccc(Cl)c(-c2ccc(Br)cc2CN2C(=O)OC(c3cc(C(F)(F)F)cc(C(F)(F)F)c3)C2C)c1. The first-order valence-electron chi connectivity index (χ1n) is 11.9. The zero-order valence-electron chi connectivity index (χ0n) is 20.9. The summed E-state index contributed by atoms with van der Waals surface area (Å²) in [6.07, 6.45) is -12.2. The normalized spacial score (nSPS) is 18.2. The molecule has 2 atom stereocenters. The Morgan fingerprint density at radius 1 is 0.923 bits per heavy atom. The van der Waals surface area contributed by atoms with E-state index in [1.807, 2.05) is 38.1 Å². The van der Waals surface area contributed by atoms with Gasteiger partial charge in [-0.15, -0.1) is 0 Å². The molecule has 1 fully saturated rings. The van der Waals surface area contributed by atoms with Crippen molar-refractivity contribution in [1.29, 1.82) is 0 Å². The van der Waals surface area contributed by atoms with Gasteiger partial charge in [-0.05, 0) is 77.6 Å². The van der Waals surface area contributed by atoms with Crippen molar-refractivity contribution in [3.63, 3.8) is 0 Å². The van der Waals surface area contributed by atoms with Crippen LogP contribution in [0.5, 0.6) is 0 Å². The Labute approximate surface area is 234 Å². The van der Waals surface area contributed by atoms with Crippen molar-refractivity contribution in [1.82, 2.24) is 4.90 Å². The Morgan fingerprint density at radius 3 is 2.10 bits per heavy atom. The highest BCUT2D eigenvalue weighted by atomic mass is 79.9. The minimum absolute atomic E-state index is 0.0153. The van der Waals surface area contributed by atoms with E-state index < -0.39 is 41.7 Å². The summed E-state index contributed by atoms with van der Waals surface area (Å²) in [6, 6.07) is 11.4. The van der Waals surface area contributed by atoms with Gasteiger partial charge in [0, 0.05) is 15.1 Å². The lowest BCUT2D eigenvalue weighted by molar-refractivity contribution is -0.143. The van der Waals surface area contributed by atoms with Gasteiger partial charge < -0.3 is 4.74 Å². The van der Waals surface area contributed by atoms with Crippen LogP contribution in [0.25, 0.3) is 11.1 Å². The molecule has 3 aromatic carbocycles. The van der Waals surface area contributed by atoms with Crippen LogP contribution < -0.4 is 0 Å². The molecule has 0 saturated carbocycles. The minimum atomic E-state index is -5.02. The van der Waals surface area contributed by atoms with Crippen molar-refractivity contribution in [2.24, 2.45) is 0 Å². The number of hydrogen-bond acceptors (Lipinski definition) is 2. The number of hydrogen-bond donors (Lipinski definition) is 0. The summed E-state index contributed by atoms with van der Waals surface area (Å²) >= 11 is 9.95. The topological polar surface area (TPSA) is 29.5 Å². The molecule has 1 aliphatic heterocycles. The molecule has 3 aromatic rings. The predicted octanol–water partition coefficient (Wildman–Crippen LogP) is 10.0. The van der Waals surface area contributed by atoms with Crippen molar-refractivity contribution in [2.45, 2.75) is 57.7 Å². The first-order valence-corrected chi connectivity index (χ1v) is 13.1. The molecule has 0 spiro atoms. The van der Waals surface area contributed by atoms with E-state index >= 15 is 0 Å². The van der Waals surface area contributed by atoms with E-state index in [0.29, 0.717) is 27.2 Å². The number of ether oxygens (including phenoxy) is 1. The van der Waals surface area contributed by atoms with Gasteiger partial charge in [-0.2, -0.15) is 26.3 Å². The molecule has 4 rings (SSSR count). The smallest absolute Gasteiger partial charge is 0.416 e. The third kappa shape index (κ3) is 6.22. The molecule has 1 heterocycles. The molecule has 2 unspecified atom stereocenters. The van der Waals surface area contributed by atoms with Crippen molar-refractivity contribution < 1.29 is 35.9 Å². The first kappa shape index (κ1) is 29.3. The fourth-order valence-electron chi connectivity index (χ4n) is 4.55. The fourth-order valence-corrected chi connectivity index (χ4v) is 5.18. The number of rotatable bonds is 5. The third-order valence-electron chi connectivity index (χ3n) is 6.69. The van der Waals surface area contributed by atoms with Gasteiger partial charge >= 0.3 is 18.4 Å². The van der Waals surface area contributed by atoms with Crippen LogP contribution >= 0.6 is 27.5 Å². The molecule has 0 radical (unpaired) electrons. The molecule has 208 valence electrons. The lowest BCUT2D eigenvalue weighted by atomic mass is 9.94. The second-order valence-corrected chi connectivity index (χ2v) is 11.0. The van der Waals surface area contributed by atoms with Crippen LogP contribution in [0.3, 0.4) is 0 Å². The molecular formula is C28H23BrClF6NO2. The maximum atomic E-state index is 13.4. The van der Waals surface area contributed by atoms with Gasteiger partial charge in [-0.1, -0.05) is 53.5 Å². The fraction of sp³-hybridized carbons (Fsp3) is 0.321. The Kier molecular flexibility index (Phi) is 8.02. The number of carbonyl (C=O) groups excluding carboxylic acids is 1. The average molecular weight is 635 g/mol. The Hall–Kier alpha value is -2.72. The molecule has 1 amide bonds. The molecule has 1 aliphatic rings. The molecular weight excluding hydrogens is 612 g/mol. The second kappa shape index (κ2) is 10.7. The van der Waals surface area contributed by atoms with E-state index in [1.54, 1.807) is 12.1 Å². The number of halogens is 8. The molecule has 0 N–H and O–H groups in total. The number of carbonyl (C=O) groups is 1. The summed E-state index contributed by atoms with van der Waals surface area (Å²) in [4.78, 5) is 14.2. The van der Waals surface area contributed by atoms with Gasteiger partial charge in [0.2, 0.25) is 0 Å². The molecule has 0 aromatic heterocycles. The van der Waals surface area contributed by atoms with Crippen LogP contribution in [-0.2, 0) is 23.6 Å². The summed E-state index contributed by atoms with van der Waals surface area (Å²) < 4.78 is 86.5. The van der Waals surface area contributed by atoms with Gasteiger partial charge in [0.25, 0.3) is 0 Å². The van der Waals surface area contributed by atoms with Crippen LogP contribution in [0, 0.1) is 0 Å². The molecule has 0 bridgehead atoms. The van der Waals surface area contributed by atoms with E-state index in [1.165, 1.54) is 11.8 Å². The third-order valence-corrected chi connectivity index (χ3v) is 7.51. The Bertz CT molecular complexity index is 1370. The van der Waals surface area contributed by atoms with Crippen molar-refractivity contribution in [3.05, 3.63) is 91.9 Å². The lowest BCUT2D eigenvalue weighted by Crippen LogP contribution is -2.31. The monoisotopic (exact) mass is 633 g/mol. The minimum Gasteiger partial charge on any atom is -0.439 e. The van der Waals surface area contributed by atoms with Crippen molar-refractivity contribution in [2.75, 3.05) is 0 Å². The number of cyclic esters (lactones) is 1. The van der Waals surface area contributed by atoms with Crippen LogP contribution in [0.15, 0.2) is 59.1 Å². The summed E-state index contributed by atoms with van der Waals surface area (Å²) in [5, 5.41) is 0.488. The standard InChI is InChI=1S/C28H23BrClF6NO2/c1-14(2)16-4-7-24(30)23(11-16)22-6-5-21(29)10-18(22)13-37-15(3)25(39-26(37)38)17-8-19(27(31,32)33)12-20(9-17)28(34,35)36/h4-12,14-15,25H,13H2,1-3H3. The predicted molar refractivity (Wildman–Crippen MR) is 139 cm³/mol. The highest BCUT2D eigenvalue weighted by molar-refractivity contribution is 9.10. The van der Waals surface area contributed by atoms with Crippen LogP contribution in [0.4, 0.5) is 31.1 Å². The lowest BCUT2D eigenvalue weighted by Gasteiger charge is -2.24. The van der Waals surface area contributed by atoms with Crippen LogP contribution in [-0.4, -0.2) is 17.0 Å². The highest BCUT2D eigenvalue weighted by Crippen LogP contribution is 2.42.